The molecule has 0 amide bonds. The summed E-state index contributed by atoms with van der Waals surface area (Å²) in [6, 6.07) is 68.9. The summed E-state index contributed by atoms with van der Waals surface area (Å²) in [6.07, 6.45) is 0. The van der Waals surface area contributed by atoms with Crippen molar-refractivity contribution in [1.29, 1.82) is 0 Å². The summed E-state index contributed by atoms with van der Waals surface area (Å²) in [4.78, 5) is 0. The number of hydrogen-bond acceptors (Lipinski definition) is 2. The van der Waals surface area contributed by atoms with Gasteiger partial charge in [0.25, 0.3) is 0 Å². The highest BCUT2D eigenvalue weighted by Gasteiger charge is 2.17. The van der Waals surface area contributed by atoms with E-state index in [-0.39, 0.29) is 0 Å². The van der Waals surface area contributed by atoms with Gasteiger partial charge < -0.3 is 9.47 Å². The number of fused-ring (bicyclic) bond motifs is 5. The van der Waals surface area contributed by atoms with Crippen molar-refractivity contribution < 1.29 is 9.47 Å². The van der Waals surface area contributed by atoms with Gasteiger partial charge in [-0.15, -0.1) is 0 Å². The van der Waals surface area contributed by atoms with Crippen LogP contribution < -0.4 is 9.47 Å². The second kappa shape index (κ2) is 13.6. The number of ether oxygens (including phenoxy) is 2. The average molecular weight is 693 g/mol. The van der Waals surface area contributed by atoms with Crippen LogP contribution in [0, 0.1) is 0 Å². The Balaban J connectivity index is 1.00. The molecule has 54 heavy (non-hydrogen) atoms. The highest BCUT2D eigenvalue weighted by molar-refractivity contribution is 6.09. The third-order valence-corrected chi connectivity index (χ3v) is 10.8. The molecule has 256 valence electrons. The molecule has 0 heterocycles. The van der Waals surface area contributed by atoms with E-state index in [1.165, 1.54) is 65.0 Å². The van der Waals surface area contributed by atoms with Crippen molar-refractivity contribution in [2.45, 2.75) is 13.2 Å². The van der Waals surface area contributed by atoms with Crippen LogP contribution in [0.15, 0.2) is 194 Å². The van der Waals surface area contributed by atoms with Crippen molar-refractivity contribution in [1.82, 2.24) is 0 Å². The molecule has 10 aromatic rings. The van der Waals surface area contributed by atoms with E-state index in [9.17, 15) is 0 Å². The van der Waals surface area contributed by atoms with Gasteiger partial charge in [0.2, 0.25) is 0 Å². The minimum Gasteiger partial charge on any atom is -0.488 e. The molecule has 0 atom stereocenters. The molecule has 0 aliphatic carbocycles. The van der Waals surface area contributed by atoms with Gasteiger partial charge in [0, 0.05) is 11.1 Å². The van der Waals surface area contributed by atoms with Gasteiger partial charge in [0.1, 0.15) is 24.7 Å². The number of hydrogen-bond donors (Lipinski definition) is 0. The largest absolute Gasteiger partial charge is 0.488 e. The van der Waals surface area contributed by atoms with Crippen LogP contribution in [-0.2, 0) is 13.2 Å². The molecule has 10 aromatic carbocycles. The van der Waals surface area contributed by atoms with Crippen LogP contribution in [0.25, 0.3) is 76.1 Å². The van der Waals surface area contributed by atoms with Crippen molar-refractivity contribution in [3.63, 3.8) is 0 Å². The molecule has 0 radical (unpaired) electrons. The first-order valence-electron chi connectivity index (χ1n) is 18.5. The number of rotatable bonds is 8. The molecule has 0 saturated carbocycles. The third kappa shape index (κ3) is 5.60. The van der Waals surface area contributed by atoms with Crippen LogP contribution in [0.3, 0.4) is 0 Å². The topological polar surface area (TPSA) is 18.5 Å². The average Bonchev–Trinajstić information content (AvgIpc) is 3.24. The van der Waals surface area contributed by atoms with Gasteiger partial charge in [-0.05, 0) is 88.2 Å². The fourth-order valence-corrected chi connectivity index (χ4v) is 8.19. The zero-order valence-electron chi connectivity index (χ0n) is 29.7. The SMILES string of the molecule is c1ccc2c(-c3c(OCc4cccc5c(COc6ccc7ccccc7c6-c6cccc7ccccc67)cccc45)ccc4ccccc34)cccc2c1. The summed E-state index contributed by atoms with van der Waals surface area (Å²) in [5, 5.41) is 11.9. The molecule has 0 aromatic heterocycles. The summed E-state index contributed by atoms with van der Waals surface area (Å²) < 4.78 is 13.6. The van der Waals surface area contributed by atoms with E-state index >= 15 is 0 Å². The van der Waals surface area contributed by atoms with E-state index < -0.39 is 0 Å². The fourth-order valence-electron chi connectivity index (χ4n) is 8.19. The highest BCUT2D eigenvalue weighted by atomic mass is 16.5. The smallest absolute Gasteiger partial charge is 0.128 e. The molecule has 0 bridgehead atoms. The van der Waals surface area contributed by atoms with E-state index in [2.05, 4.69) is 194 Å². The first-order chi connectivity index (χ1) is 26.8. The highest BCUT2D eigenvalue weighted by Crippen LogP contribution is 2.43. The molecular weight excluding hydrogens is 657 g/mol. The van der Waals surface area contributed by atoms with Crippen molar-refractivity contribution >= 4 is 53.9 Å². The molecule has 10 rings (SSSR count). The third-order valence-electron chi connectivity index (χ3n) is 10.8. The van der Waals surface area contributed by atoms with Crippen LogP contribution in [0.1, 0.15) is 11.1 Å². The first kappa shape index (κ1) is 31.8. The van der Waals surface area contributed by atoms with Gasteiger partial charge in [-0.2, -0.15) is 0 Å². The Bertz CT molecular complexity index is 2800. The van der Waals surface area contributed by atoms with Crippen molar-refractivity contribution in [2.24, 2.45) is 0 Å². The lowest BCUT2D eigenvalue weighted by Gasteiger charge is -2.18. The van der Waals surface area contributed by atoms with Crippen molar-refractivity contribution in [3.05, 3.63) is 205 Å². The Hall–Kier alpha value is -6.90. The quantitative estimate of drug-likeness (QED) is 0.158. The lowest BCUT2D eigenvalue weighted by atomic mass is 9.93. The summed E-state index contributed by atoms with van der Waals surface area (Å²) >= 11 is 0. The summed E-state index contributed by atoms with van der Waals surface area (Å²) in [7, 11) is 0. The van der Waals surface area contributed by atoms with E-state index in [0.29, 0.717) is 13.2 Å². The maximum absolute atomic E-state index is 6.82. The van der Waals surface area contributed by atoms with Crippen molar-refractivity contribution in [3.8, 4) is 33.8 Å². The lowest BCUT2D eigenvalue weighted by Crippen LogP contribution is -2.01. The monoisotopic (exact) mass is 692 g/mol. The predicted octanol–water partition coefficient (Wildman–Crippen LogP) is 13.9. The van der Waals surface area contributed by atoms with Gasteiger partial charge in [-0.1, -0.05) is 182 Å². The van der Waals surface area contributed by atoms with Crippen LogP contribution in [-0.4, -0.2) is 0 Å². The Kier molecular flexibility index (Phi) is 8.00. The maximum atomic E-state index is 6.82. The second-order valence-corrected chi connectivity index (χ2v) is 13.9. The summed E-state index contributed by atoms with van der Waals surface area (Å²) in [5.41, 5.74) is 6.86. The molecule has 0 aliphatic heterocycles. The first-order valence-corrected chi connectivity index (χ1v) is 18.5. The summed E-state index contributed by atoms with van der Waals surface area (Å²) in [5.74, 6) is 1.75. The minimum absolute atomic E-state index is 0.438. The van der Waals surface area contributed by atoms with E-state index in [4.69, 9.17) is 9.47 Å². The normalized spacial score (nSPS) is 11.5. The standard InChI is InChI=1S/C52H36O2/c1-5-21-41-35(13-1)17-9-27-47(41)51-45-23-7-3-15-37(45)29-31-49(51)53-33-39-19-11-26-44-40(20-12-25-43(39)44)34-54-50-32-30-38-16-4-8-24-46(38)52(50)48-28-10-18-36-14-2-6-22-42(36)48/h1-32H,33-34H2. The maximum Gasteiger partial charge on any atom is 0.128 e. The van der Waals surface area contributed by atoms with Gasteiger partial charge in [-0.25, -0.2) is 0 Å². The predicted molar refractivity (Wildman–Crippen MR) is 226 cm³/mol. The van der Waals surface area contributed by atoms with Gasteiger partial charge >= 0.3 is 0 Å². The van der Waals surface area contributed by atoms with Gasteiger partial charge in [0.15, 0.2) is 0 Å². The minimum atomic E-state index is 0.438. The fraction of sp³-hybridized carbons (Fsp3) is 0.0385. The zero-order valence-corrected chi connectivity index (χ0v) is 29.7. The molecule has 0 spiro atoms. The van der Waals surface area contributed by atoms with Crippen LogP contribution in [0.5, 0.6) is 11.5 Å². The number of benzene rings is 10. The van der Waals surface area contributed by atoms with Gasteiger partial charge in [0.05, 0.1) is 0 Å². The van der Waals surface area contributed by atoms with Crippen LogP contribution in [0.2, 0.25) is 0 Å². The zero-order chi connectivity index (χ0) is 35.8. The van der Waals surface area contributed by atoms with Crippen LogP contribution in [0.4, 0.5) is 0 Å². The molecule has 2 nitrogen and oxygen atoms in total. The second-order valence-electron chi connectivity index (χ2n) is 13.9. The molecule has 0 unspecified atom stereocenters. The molecule has 0 N–H and O–H groups in total. The van der Waals surface area contributed by atoms with E-state index in [0.717, 1.165) is 33.8 Å². The van der Waals surface area contributed by atoms with Crippen molar-refractivity contribution in [2.75, 3.05) is 0 Å². The Morgan fingerprint density at radius 1 is 0.259 bits per heavy atom. The Labute approximate surface area is 314 Å². The molecular formula is C52H36O2. The van der Waals surface area contributed by atoms with E-state index in [1.54, 1.807) is 0 Å². The molecule has 0 saturated heterocycles. The Morgan fingerprint density at radius 3 is 1.04 bits per heavy atom. The molecule has 0 fully saturated rings. The molecule has 2 heteroatoms. The Morgan fingerprint density at radius 2 is 0.593 bits per heavy atom. The van der Waals surface area contributed by atoms with Gasteiger partial charge in [-0.3, -0.25) is 0 Å². The molecule has 0 aliphatic rings. The summed E-state index contributed by atoms with van der Waals surface area (Å²) in [6.45, 7) is 0.876. The van der Waals surface area contributed by atoms with Crippen LogP contribution >= 0.6 is 0 Å². The van der Waals surface area contributed by atoms with E-state index in [1.807, 2.05) is 0 Å². The lowest BCUT2D eigenvalue weighted by molar-refractivity contribution is 0.308.